The van der Waals surface area contributed by atoms with Crippen LogP contribution in [0.4, 0.5) is 0 Å². The normalized spacial score (nSPS) is 26.9. The fourth-order valence-electron chi connectivity index (χ4n) is 3.57. The summed E-state index contributed by atoms with van der Waals surface area (Å²) in [5, 5.41) is 0. The van der Waals surface area contributed by atoms with Crippen LogP contribution in [0.2, 0.25) is 0 Å². The molecule has 1 unspecified atom stereocenters. The summed E-state index contributed by atoms with van der Waals surface area (Å²) in [4.78, 5) is 27.0. The smallest absolute Gasteiger partial charge is 0.260 e. The van der Waals surface area contributed by atoms with Crippen LogP contribution >= 0.6 is 0 Å². The number of nitrogens with zero attached hydrogens (tertiary/aromatic N) is 1. The van der Waals surface area contributed by atoms with Gasteiger partial charge >= 0.3 is 0 Å². The highest BCUT2D eigenvalue weighted by Gasteiger charge is 2.61. The standard InChI is InChI=1S/C18H21NO3/c1-3-10-18-12-14(18)5-4-11-19(17(18)21)16(20)13-6-8-15(22-2)9-7-13/h3,6-9,14H,1,4-5,10-12H2,2H3/t14?,18-/m0/s1. The third kappa shape index (κ3) is 2.32. The first-order valence-electron chi connectivity index (χ1n) is 7.73. The van der Waals surface area contributed by atoms with Crippen molar-refractivity contribution < 1.29 is 14.3 Å². The maximum atomic E-state index is 12.9. The minimum atomic E-state index is -0.361. The van der Waals surface area contributed by atoms with Gasteiger partial charge < -0.3 is 4.74 Å². The molecule has 1 aromatic carbocycles. The van der Waals surface area contributed by atoms with Crippen LogP contribution in [0.25, 0.3) is 0 Å². The van der Waals surface area contributed by atoms with Crippen molar-refractivity contribution in [3.8, 4) is 5.75 Å². The number of methoxy groups -OCH3 is 1. The van der Waals surface area contributed by atoms with Crippen molar-refractivity contribution in [3.05, 3.63) is 42.5 Å². The molecule has 0 N–H and O–H groups in total. The van der Waals surface area contributed by atoms with Gasteiger partial charge in [0, 0.05) is 12.1 Å². The van der Waals surface area contributed by atoms with E-state index in [2.05, 4.69) is 6.58 Å². The lowest BCUT2D eigenvalue weighted by Gasteiger charge is -2.24. The van der Waals surface area contributed by atoms with Crippen molar-refractivity contribution >= 4 is 11.8 Å². The number of fused-ring (bicyclic) bond motifs is 1. The molecule has 2 amide bonds. The van der Waals surface area contributed by atoms with E-state index in [1.54, 1.807) is 37.5 Å². The minimum absolute atomic E-state index is 0.0179. The zero-order valence-electron chi connectivity index (χ0n) is 12.9. The van der Waals surface area contributed by atoms with Crippen LogP contribution in [0.3, 0.4) is 0 Å². The third-order valence-corrected chi connectivity index (χ3v) is 4.93. The first-order valence-corrected chi connectivity index (χ1v) is 7.73. The Balaban J connectivity index is 1.84. The second-order valence-electron chi connectivity index (χ2n) is 6.18. The van der Waals surface area contributed by atoms with Crippen LogP contribution < -0.4 is 4.74 Å². The molecule has 2 atom stereocenters. The molecule has 116 valence electrons. The second-order valence-corrected chi connectivity index (χ2v) is 6.18. The topological polar surface area (TPSA) is 46.6 Å². The number of likely N-dealkylation sites (tertiary alicyclic amines) is 1. The molecule has 1 heterocycles. The molecule has 0 aromatic heterocycles. The Hall–Kier alpha value is -2.10. The van der Waals surface area contributed by atoms with E-state index in [0.717, 1.165) is 19.3 Å². The van der Waals surface area contributed by atoms with Crippen LogP contribution in [0, 0.1) is 11.3 Å². The van der Waals surface area contributed by atoms with Gasteiger partial charge in [-0.25, -0.2) is 0 Å². The van der Waals surface area contributed by atoms with Crippen molar-refractivity contribution in [1.82, 2.24) is 4.90 Å². The molecule has 4 heteroatoms. The average molecular weight is 299 g/mol. The van der Waals surface area contributed by atoms with Crippen molar-refractivity contribution in [2.75, 3.05) is 13.7 Å². The molecule has 1 aromatic rings. The number of imide groups is 1. The molecule has 0 spiro atoms. The number of ether oxygens (including phenoxy) is 1. The van der Waals surface area contributed by atoms with Gasteiger partial charge in [0.25, 0.3) is 5.91 Å². The number of hydrogen-bond donors (Lipinski definition) is 0. The third-order valence-electron chi connectivity index (χ3n) is 4.93. The first kappa shape index (κ1) is 14.8. The molecule has 2 fully saturated rings. The maximum Gasteiger partial charge on any atom is 0.260 e. The molecule has 0 bridgehead atoms. The van der Waals surface area contributed by atoms with Gasteiger partial charge in [-0.1, -0.05) is 6.08 Å². The lowest BCUT2D eigenvalue weighted by Crippen LogP contribution is -2.41. The summed E-state index contributed by atoms with van der Waals surface area (Å²) in [7, 11) is 1.58. The van der Waals surface area contributed by atoms with E-state index in [1.165, 1.54) is 4.90 Å². The molecule has 1 aliphatic carbocycles. The fourth-order valence-corrected chi connectivity index (χ4v) is 3.57. The average Bonchev–Trinajstić information content (AvgIpc) is 3.26. The predicted octanol–water partition coefficient (Wildman–Crippen LogP) is 3.04. The van der Waals surface area contributed by atoms with Gasteiger partial charge in [-0.3, -0.25) is 14.5 Å². The van der Waals surface area contributed by atoms with Gasteiger partial charge in [-0.15, -0.1) is 6.58 Å². The van der Waals surface area contributed by atoms with Crippen molar-refractivity contribution in [3.63, 3.8) is 0 Å². The van der Waals surface area contributed by atoms with Crippen LogP contribution in [-0.2, 0) is 4.79 Å². The van der Waals surface area contributed by atoms with Crippen molar-refractivity contribution in [2.45, 2.75) is 25.7 Å². The summed E-state index contributed by atoms with van der Waals surface area (Å²) in [6.07, 6.45) is 5.27. The van der Waals surface area contributed by atoms with Gasteiger partial charge in [-0.2, -0.15) is 0 Å². The van der Waals surface area contributed by atoms with E-state index in [4.69, 9.17) is 4.74 Å². The van der Waals surface area contributed by atoms with Gasteiger partial charge in [0.2, 0.25) is 5.91 Å². The molecule has 2 aliphatic rings. The predicted molar refractivity (Wildman–Crippen MR) is 83.6 cm³/mol. The van der Waals surface area contributed by atoms with Gasteiger partial charge in [-0.05, 0) is 55.9 Å². The number of rotatable bonds is 4. The molecule has 1 aliphatic heterocycles. The van der Waals surface area contributed by atoms with E-state index in [9.17, 15) is 9.59 Å². The van der Waals surface area contributed by atoms with Crippen LogP contribution in [0.5, 0.6) is 5.75 Å². The Bertz CT molecular complexity index is 607. The molecular formula is C18H21NO3. The fraction of sp³-hybridized carbons (Fsp3) is 0.444. The molecule has 3 rings (SSSR count). The van der Waals surface area contributed by atoms with E-state index in [1.807, 2.05) is 0 Å². The number of hydrogen-bond acceptors (Lipinski definition) is 3. The maximum absolute atomic E-state index is 12.9. The summed E-state index contributed by atoms with van der Waals surface area (Å²) in [5.41, 5.74) is 0.169. The summed E-state index contributed by atoms with van der Waals surface area (Å²) in [5.74, 6) is 0.898. The summed E-state index contributed by atoms with van der Waals surface area (Å²) >= 11 is 0. The Morgan fingerprint density at radius 1 is 1.45 bits per heavy atom. The van der Waals surface area contributed by atoms with E-state index < -0.39 is 0 Å². The Kier molecular flexibility index (Phi) is 3.77. The Labute approximate surface area is 130 Å². The van der Waals surface area contributed by atoms with Crippen LogP contribution in [-0.4, -0.2) is 30.4 Å². The van der Waals surface area contributed by atoms with Crippen LogP contribution in [0.1, 0.15) is 36.0 Å². The Morgan fingerprint density at radius 2 is 2.18 bits per heavy atom. The van der Waals surface area contributed by atoms with Gasteiger partial charge in [0.15, 0.2) is 0 Å². The van der Waals surface area contributed by atoms with Crippen molar-refractivity contribution in [1.29, 1.82) is 0 Å². The second kappa shape index (κ2) is 5.59. The largest absolute Gasteiger partial charge is 0.497 e. The number of carbonyl (C=O) groups excluding carboxylic acids is 2. The number of carbonyl (C=O) groups is 2. The van der Waals surface area contributed by atoms with E-state index >= 15 is 0 Å². The van der Waals surface area contributed by atoms with E-state index in [0.29, 0.717) is 30.2 Å². The van der Waals surface area contributed by atoms with E-state index in [-0.39, 0.29) is 17.2 Å². The lowest BCUT2D eigenvalue weighted by molar-refractivity contribution is -0.134. The first-order chi connectivity index (χ1) is 10.6. The molecule has 4 nitrogen and oxygen atoms in total. The molecule has 1 saturated carbocycles. The van der Waals surface area contributed by atoms with Gasteiger partial charge in [0.1, 0.15) is 5.75 Å². The monoisotopic (exact) mass is 299 g/mol. The zero-order valence-corrected chi connectivity index (χ0v) is 12.9. The van der Waals surface area contributed by atoms with Crippen LogP contribution in [0.15, 0.2) is 36.9 Å². The number of allylic oxidation sites excluding steroid dienone is 1. The van der Waals surface area contributed by atoms with Gasteiger partial charge in [0.05, 0.1) is 12.5 Å². The zero-order chi connectivity index (χ0) is 15.7. The molecule has 1 saturated heterocycles. The molecule has 22 heavy (non-hydrogen) atoms. The highest BCUT2D eigenvalue weighted by Crippen LogP contribution is 2.60. The SMILES string of the molecule is C=CC[C@]12CC1CCCN(C(=O)c1ccc(OC)cc1)C2=O. The summed E-state index contributed by atoms with van der Waals surface area (Å²) < 4.78 is 5.10. The van der Waals surface area contributed by atoms with Crippen molar-refractivity contribution in [2.24, 2.45) is 11.3 Å². The Morgan fingerprint density at radius 3 is 2.82 bits per heavy atom. The highest BCUT2D eigenvalue weighted by molar-refractivity contribution is 6.07. The number of benzene rings is 1. The highest BCUT2D eigenvalue weighted by atomic mass is 16.5. The number of amides is 2. The lowest BCUT2D eigenvalue weighted by atomic mass is 9.96. The molecular weight excluding hydrogens is 278 g/mol. The molecule has 0 radical (unpaired) electrons. The summed E-state index contributed by atoms with van der Waals surface area (Å²) in [6.45, 7) is 4.28. The summed E-state index contributed by atoms with van der Waals surface area (Å²) in [6, 6.07) is 6.91. The minimum Gasteiger partial charge on any atom is -0.497 e. The quantitative estimate of drug-likeness (QED) is 0.634.